The molecule has 1 aromatic rings. The molecule has 24 heavy (non-hydrogen) atoms. The lowest BCUT2D eigenvalue weighted by Gasteiger charge is -2.33. The Morgan fingerprint density at radius 1 is 1.21 bits per heavy atom. The SMILES string of the molecule is O=C(c1ccccc1)N1CCC(NC(=S)NC[C@@H]2CCCO2)CC1. The Balaban J connectivity index is 1.38. The van der Waals surface area contributed by atoms with Gasteiger partial charge in [-0.1, -0.05) is 18.2 Å². The molecule has 0 spiro atoms. The number of ether oxygens (including phenoxy) is 1. The highest BCUT2D eigenvalue weighted by Crippen LogP contribution is 2.14. The molecule has 2 aliphatic rings. The Labute approximate surface area is 148 Å². The van der Waals surface area contributed by atoms with Crippen LogP contribution in [-0.4, -0.2) is 54.3 Å². The molecule has 3 rings (SSSR count). The molecule has 0 unspecified atom stereocenters. The van der Waals surface area contributed by atoms with Crippen molar-refractivity contribution < 1.29 is 9.53 Å². The van der Waals surface area contributed by atoms with Crippen LogP contribution in [0.4, 0.5) is 0 Å². The summed E-state index contributed by atoms with van der Waals surface area (Å²) in [5.41, 5.74) is 0.762. The fourth-order valence-corrected chi connectivity index (χ4v) is 3.49. The first-order chi connectivity index (χ1) is 11.7. The van der Waals surface area contributed by atoms with E-state index in [0.717, 1.165) is 57.5 Å². The highest BCUT2D eigenvalue weighted by Gasteiger charge is 2.24. The average Bonchev–Trinajstić information content (AvgIpc) is 3.14. The molecular formula is C18H25N3O2S. The molecule has 0 aromatic heterocycles. The maximum absolute atomic E-state index is 12.4. The molecule has 2 aliphatic heterocycles. The lowest BCUT2D eigenvalue weighted by atomic mass is 10.0. The largest absolute Gasteiger partial charge is 0.376 e. The molecule has 2 fully saturated rings. The minimum Gasteiger partial charge on any atom is -0.376 e. The first-order valence-electron chi connectivity index (χ1n) is 8.72. The van der Waals surface area contributed by atoms with Crippen molar-refractivity contribution in [2.75, 3.05) is 26.2 Å². The maximum atomic E-state index is 12.4. The van der Waals surface area contributed by atoms with Gasteiger partial charge in [-0.15, -0.1) is 0 Å². The topological polar surface area (TPSA) is 53.6 Å². The van der Waals surface area contributed by atoms with Crippen LogP contribution in [-0.2, 0) is 4.74 Å². The first kappa shape index (κ1) is 17.2. The molecule has 0 aliphatic carbocycles. The van der Waals surface area contributed by atoms with Crippen molar-refractivity contribution >= 4 is 23.2 Å². The van der Waals surface area contributed by atoms with E-state index in [-0.39, 0.29) is 12.0 Å². The maximum Gasteiger partial charge on any atom is 0.253 e. The van der Waals surface area contributed by atoms with E-state index in [9.17, 15) is 4.79 Å². The van der Waals surface area contributed by atoms with Crippen LogP contribution in [0.25, 0.3) is 0 Å². The van der Waals surface area contributed by atoms with Crippen molar-refractivity contribution in [2.24, 2.45) is 0 Å². The summed E-state index contributed by atoms with van der Waals surface area (Å²) in [6.07, 6.45) is 4.37. The molecule has 1 aromatic carbocycles. The number of hydrogen-bond donors (Lipinski definition) is 2. The van der Waals surface area contributed by atoms with Crippen molar-refractivity contribution in [1.29, 1.82) is 0 Å². The quantitative estimate of drug-likeness (QED) is 0.815. The summed E-state index contributed by atoms with van der Waals surface area (Å²) in [5, 5.41) is 7.31. The van der Waals surface area contributed by atoms with Gasteiger partial charge in [-0.3, -0.25) is 4.79 Å². The number of nitrogens with zero attached hydrogens (tertiary/aromatic N) is 1. The standard InChI is InChI=1S/C18H25N3O2S/c22-17(14-5-2-1-3-6-14)21-10-8-15(9-11-21)20-18(24)19-13-16-7-4-12-23-16/h1-3,5-6,15-16H,4,7-13H2,(H2,19,20,24)/t16-/m0/s1. The summed E-state index contributed by atoms with van der Waals surface area (Å²) in [7, 11) is 0. The molecule has 0 radical (unpaired) electrons. The van der Waals surface area contributed by atoms with Gasteiger partial charge in [-0.25, -0.2) is 0 Å². The highest BCUT2D eigenvalue weighted by atomic mass is 32.1. The number of nitrogens with one attached hydrogen (secondary N) is 2. The van der Waals surface area contributed by atoms with Crippen LogP contribution in [0.3, 0.4) is 0 Å². The van der Waals surface area contributed by atoms with Crippen LogP contribution in [0, 0.1) is 0 Å². The summed E-state index contributed by atoms with van der Waals surface area (Å²) in [6, 6.07) is 9.80. The van der Waals surface area contributed by atoms with Crippen LogP contribution in [0.1, 0.15) is 36.0 Å². The van der Waals surface area contributed by atoms with E-state index in [2.05, 4.69) is 10.6 Å². The van der Waals surface area contributed by atoms with Gasteiger partial charge in [0.25, 0.3) is 5.91 Å². The monoisotopic (exact) mass is 347 g/mol. The van der Waals surface area contributed by atoms with Crippen LogP contribution < -0.4 is 10.6 Å². The average molecular weight is 347 g/mol. The fraction of sp³-hybridized carbons (Fsp3) is 0.556. The number of rotatable bonds is 4. The number of benzene rings is 1. The van der Waals surface area contributed by atoms with Gasteiger partial charge in [-0.05, 0) is 50.0 Å². The van der Waals surface area contributed by atoms with Gasteiger partial charge in [0.05, 0.1) is 6.10 Å². The summed E-state index contributed by atoms with van der Waals surface area (Å²) in [5.74, 6) is 0.119. The molecule has 2 N–H and O–H groups in total. The number of likely N-dealkylation sites (tertiary alicyclic amines) is 1. The molecule has 2 saturated heterocycles. The van der Waals surface area contributed by atoms with Gasteiger partial charge in [0.15, 0.2) is 5.11 Å². The molecule has 130 valence electrons. The smallest absolute Gasteiger partial charge is 0.253 e. The summed E-state index contributed by atoms with van der Waals surface area (Å²) in [6.45, 7) is 3.16. The predicted octanol–water partition coefficient (Wildman–Crippen LogP) is 1.93. The molecule has 6 heteroatoms. The lowest BCUT2D eigenvalue weighted by Crippen LogP contribution is -2.49. The second-order valence-electron chi connectivity index (χ2n) is 6.42. The first-order valence-corrected chi connectivity index (χ1v) is 9.13. The van der Waals surface area contributed by atoms with Crippen molar-refractivity contribution in [3.05, 3.63) is 35.9 Å². The molecule has 0 bridgehead atoms. The van der Waals surface area contributed by atoms with E-state index >= 15 is 0 Å². The highest BCUT2D eigenvalue weighted by molar-refractivity contribution is 7.80. The molecule has 2 heterocycles. The van der Waals surface area contributed by atoms with Crippen LogP contribution in [0.5, 0.6) is 0 Å². The number of carbonyl (C=O) groups excluding carboxylic acids is 1. The molecule has 1 atom stereocenters. The van der Waals surface area contributed by atoms with Gasteiger partial charge in [0.1, 0.15) is 0 Å². The van der Waals surface area contributed by atoms with Gasteiger partial charge < -0.3 is 20.3 Å². The second kappa shape index (κ2) is 8.44. The van der Waals surface area contributed by atoms with Gasteiger partial charge >= 0.3 is 0 Å². The van der Waals surface area contributed by atoms with E-state index in [1.807, 2.05) is 35.2 Å². The summed E-state index contributed by atoms with van der Waals surface area (Å²) >= 11 is 5.37. The van der Waals surface area contributed by atoms with Crippen molar-refractivity contribution in [2.45, 2.75) is 37.8 Å². The molecular weight excluding hydrogens is 322 g/mol. The predicted molar refractivity (Wildman–Crippen MR) is 98.1 cm³/mol. The van der Waals surface area contributed by atoms with Crippen molar-refractivity contribution in [3.8, 4) is 0 Å². The van der Waals surface area contributed by atoms with Gasteiger partial charge in [0.2, 0.25) is 0 Å². The number of piperidine rings is 1. The summed E-state index contributed by atoms with van der Waals surface area (Å²) in [4.78, 5) is 14.4. The number of carbonyl (C=O) groups is 1. The van der Waals surface area contributed by atoms with E-state index in [1.165, 1.54) is 0 Å². The Hall–Kier alpha value is -1.66. The second-order valence-corrected chi connectivity index (χ2v) is 6.83. The minimum atomic E-state index is 0.119. The molecule has 0 saturated carbocycles. The molecule has 1 amide bonds. The third-order valence-corrected chi connectivity index (χ3v) is 4.91. The number of thiocarbonyl (C=S) groups is 1. The van der Waals surface area contributed by atoms with Crippen LogP contribution in [0.2, 0.25) is 0 Å². The van der Waals surface area contributed by atoms with E-state index < -0.39 is 0 Å². The zero-order chi connectivity index (χ0) is 16.8. The zero-order valence-electron chi connectivity index (χ0n) is 13.9. The normalized spacial score (nSPS) is 21.5. The third-order valence-electron chi connectivity index (χ3n) is 4.65. The Morgan fingerprint density at radius 2 is 1.96 bits per heavy atom. The minimum absolute atomic E-state index is 0.119. The van der Waals surface area contributed by atoms with Crippen LogP contribution >= 0.6 is 12.2 Å². The van der Waals surface area contributed by atoms with Gasteiger partial charge in [-0.2, -0.15) is 0 Å². The van der Waals surface area contributed by atoms with Gasteiger partial charge in [0, 0.05) is 37.8 Å². The van der Waals surface area contributed by atoms with Crippen molar-refractivity contribution in [3.63, 3.8) is 0 Å². The Morgan fingerprint density at radius 3 is 2.62 bits per heavy atom. The zero-order valence-corrected chi connectivity index (χ0v) is 14.7. The number of hydrogen-bond acceptors (Lipinski definition) is 3. The molecule has 5 nitrogen and oxygen atoms in total. The Bertz CT molecular complexity index is 553. The van der Waals surface area contributed by atoms with Crippen molar-refractivity contribution in [1.82, 2.24) is 15.5 Å². The third kappa shape index (κ3) is 4.68. The van der Waals surface area contributed by atoms with Crippen LogP contribution in [0.15, 0.2) is 30.3 Å². The lowest BCUT2D eigenvalue weighted by molar-refractivity contribution is 0.0710. The van der Waals surface area contributed by atoms with E-state index in [0.29, 0.717) is 11.2 Å². The van der Waals surface area contributed by atoms with E-state index in [1.54, 1.807) is 0 Å². The summed E-state index contributed by atoms with van der Waals surface area (Å²) < 4.78 is 5.58. The fourth-order valence-electron chi connectivity index (χ4n) is 3.24. The number of amides is 1. The Kier molecular flexibility index (Phi) is 6.04. The van der Waals surface area contributed by atoms with E-state index in [4.69, 9.17) is 17.0 Å².